The van der Waals surface area contributed by atoms with Gasteiger partial charge < -0.3 is 20.6 Å². The van der Waals surface area contributed by atoms with Crippen LogP contribution in [0.15, 0.2) is 0 Å². The number of hydrogen-bond acceptors (Lipinski definition) is 4. The molecule has 0 aliphatic carbocycles. The highest BCUT2D eigenvalue weighted by molar-refractivity contribution is 5.95. The van der Waals surface area contributed by atoms with E-state index in [1.807, 2.05) is 0 Å². The molecule has 1 spiro atoms. The Kier molecular flexibility index (Phi) is 3.75. The molecule has 2 fully saturated rings. The summed E-state index contributed by atoms with van der Waals surface area (Å²) >= 11 is 0. The number of aliphatic hydroxyl groups is 1. The maximum absolute atomic E-state index is 12.4. The molecule has 0 radical (unpaired) electrons. The summed E-state index contributed by atoms with van der Waals surface area (Å²) < 4.78 is 0. The maximum Gasteiger partial charge on any atom is 0.249 e. The van der Waals surface area contributed by atoms with Gasteiger partial charge in [-0.15, -0.1) is 0 Å². The number of nitrogens with two attached hydrogens (primary N) is 1. The second-order valence-electron chi connectivity index (χ2n) is 5.10. The van der Waals surface area contributed by atoms with Gasteiger partial charge in [0.2, 0.25) is 17.7 Å². The van der Waals surface area contributed by atoms with Gasteiger partial charge in [-0.3, -0.25) is 14.4 Å². The summed E-state index contributed by atoms with van der Waals surface area (Å²) in [7, 11) is 0. The predicted molar refractivity (Wildman–Crippen MR) is 65.8 cm³/mol. The van der Waals surface area contributed by atoms with Crippen molar-refractivity contribution in [2.75, 3.05) is 26.2 Å². The highest BCUT2D eigenvalue weighted by atomic mass is 16.3. The molecule has 7 nitrogen and oxygen atoms in total. The van der Waals surface area contributed by atoms with E-state index in [9.17, 15) is 14.4 Å². The van der Waals surface area contributed by atoms with Gasteiger partial charge >= 0.3 is 0 Å². The molecule has 2 saturated heterocycles. The molecule has 1 atom stereocenters. The molecule has 1 unspecified atom stereocenters. The minimum atomic E-state index is -0.804. The highest BCUT2D eigenvalue weighted by Crippen LogP contribution is 2.38. The first-order valence-electron chi connectivity index (χ1n) is 6.50. The van der Waals surface area contributed by atoms with Crippen molar-refractivity contribution >= 4 is 17.7 Å². The van der Waals surface area contributed by atoms with Gasteiger partial charge in [-0.25, -0.2) is 0 Å². The molecule has 0 aromatic rings. The topological polar surface area (TPSA) is 104 Å². The van der Waals surface area contributed by atoms with E-state index in [0.717, 1.165) is 6.42 Å². The summed E-state index contributed by atoms with van der Waals surface area (Å²) in [5, 5.41) is 8.86. The lowest BCUT2D eigenvalue weighted by Crippen LogP contribution is -2.53. The number of aliphatic hydroxyl groups excluding tert-OH is 1. The minimum Gasteiger partial charge on any atom is -0.396 e. The zero-order chi connectivity index (χ0) is 14.0. The van der Waals surface area contributed by atoms with Gasteiger partial charge in [-0.2, -0.15) is 0 Å². The number of carbonyl (C=O) groups is 3. The van der Waals surface area contributed by atoms with Gasteiger partial charge in [0.05, 0.1) is 13.2 Å². The Labute approximate surface area is 111 Å². The summed E-state index contributed by atoms with van der Waals surface area (Å²) in [6.45, 7) is 0.673. The molecule has 3 amide bonds. The summed E-state index contributed by atoms with van der Waals surface area (Å²) in [5.74, 6) is -0.930. The van der Waals surface area contributed by atoms with Crippen molar-refractivity contribution < 1.29 is 19.5 Å². The standard InChI is InChI=1S/C12H19N3O4/c13-9(17)8-14-6-4-12(11(14)19)3-1-5-15(12)10(18)2-7-16/h16H,1-8H2,(H2,13,17). The molecular weight excluding hydrogens is 250 g/mol. The fourth-order valence-electron chi connectivity index (χ4n) is 3.12. The lowest BCUT2D eigenvalue weighted by atomic mass is 9.94. The van der Waals surface area contributed by atoms with Crippen LogP contribution in [-0.4, -0.2) is 64.4 Å². The molecule has 106 valence electrons. The molecule has 3 N–H and O–H groups in total. The Balaban J connectivity index is 2.16. The third kappa shape index (κ3) is 2.30. The van der Waals surface area contributed by atoms with E-state index in [0.29, 0.717) is 25.9 Å². The molecule has 2 aliphatic heterocycles. The number of amides is 3. The fraction of sp³-hybridized carbons (Fsp3) is 0.750. The van der Waals surface area contributed by atoms with Crippen LogP contribution in [0.2, 0.25) is 0 Å². The van der Waals surface area contributed by atoms with Crippen molar-refractivity contribution in [2.45, 2.75) is 31.2 Å². The van der Waals surface area contributed by atoms with Crippen LogP contribution in [0.5, 0.6) is 0 Å². The van der Waals surface area contributed by atoms with Crippen molar-refractivity contribution in [3.8, 4) is 0 Å². The Morgan fingerprint density at radius 1 is 1.32 bits per heavy atom. The molecule has 0 aromatic carbocycles. The van der Waals surface area contributed by atoms with E-state index in [4.69, 9.17) is 10.8 Å². The average Bonchev–Trinajstić information content (AvgIpc) is 2.89. The van der Waals surface area contributed by atoms with Crippen molar-refractivity contribution in [1.29, 1.82) is 0 Å². The third-order valence-corrected chi connectivity index (χ3v) is 3.94. The van der Waals surface area contributed by atoms with E-state index >= 15 is 0 Å². The van der Waals surface area contributed by atoms with Crippen LogP contribution >= 0.6 is 0 Å². The first-order valence-corrected chi connectivity index (χ1v) is 6.50. The van der Waals surface area contributed by atoms with Crippen LogP contribution in [0, 0.1) is 0 Å². The van der Waals surface area contributed by atoms with Crippen molar-refractivity contribution in [2.24, 2.45) is 5.73 Å². The third-order valence-electron chi connectivity index (χ3n) is 3.94. The smallest absolute Gasteiger partial charge is 0.249 e. The van der Waals surface area contributed by atoms with E-state index in [2.05, 4.69) is 0 Å². The Morgan fingerprint density at radius 2 is 2.05 bits per heavy atom. The summed E-state index contributed by atoms with van der Waals surface area (Å²) in [6, 6.07) is 0. The lowest BCUT2D eigenvalue weighted by molar-refractivity contribution is -0.147. The quantitative estimate of drug-likeness (QED) is 0.644. The number of likely N-dealkylation sites (tertiary alicyclic amines) is 2. The average molecular weight is 269 g/mol. The summed E-state index contributed by atoms with van der Waals surface area (Å²) in [6.07, 6.45) is 1.96. The van der Waals surface area contributed by atoms with Gasteiger partial charge in [-0.05, 0) is 19.3 Å². The molecule has 2 rings (SSSR count). The van der Waals surface area contributed by atoms with Crippen LogP contribution in [0.1, 0.15) is 25.7 Å². The van der Waals surface area contributed by atoms with Gasteiger partial charge in [0.15, 0.2) is 0 Å². The number of carbonyl (C=O) groups excluding carboxylic acids is 3. The first-order chi connectivity index (χ1) is 9.01. The van der Waals surface area contributed by atoms with Gasteiger partial charge in [0.25, 0.3) is 0 Å². The number of primary amides is 1. The summed E-state index contributed by atoms with van der Waals surface area (Å²) in [5.41, 5.74) is 4.31. The Bertz CT molecular complexity index is 412. The summed E-state index contributed by atoms with van der Waals surface area (Å²) in [4.78, 5) is 38.4. The zero-order valence-electron chi connectivity index (χ0n) is 10.8. The van der Waals surface area contributed by atoms with Crippen LogP contribution in [-0.2, 0) is 14.4 Å². The first kappa shape index (κ1) is 13.8. The monoisotopic (exact) mass is 269 g/mol. The predicted octanol–water partition coefficient (Wildman–Crippen LogP) is -1.55. The number of hydrogen-bond donors (Lipinski definition) is 2. The highest BCUT2D eigenvalue weighted by Gasteiger charge is 2.54. The molecule has 19 heavy (non-hydrogen) atoms. The van der Waals surface area contributed by atoms with Crippen molar-refractivity contribution in [3.63, 3.8) is 0 Å². The second kappa shape index (κ2) is 5.16. The van der Waals surface area contributed by atoms with Crippen LogP contribution < -0.4 is 5.73 Å². The molecule has 0 saturated carbocycles. The fourth-order valence-corrected chi connectivity index (χ4v) is 3.12. The Hall–Kier alpha value is -1.63. The molecule has 7 heteroatoms. The van der Waals surface area contributed by atoms with Crippen molar-refractivity contribution in [3.05, 3.63) is 0 Å². The van der Waals surface area contributed by atoms with Gasteiger partial charge in [-0.1, -0.05) is 0 Å². The van der Waals surface area contributed by atoms with E-state index < -0.39 is 11.4 Å². The largest absolute Gasteiger partial charge is 0.396 e. The second-order valence-corrected chi connectivity index (χ2v) is 5.10. The molecule has 2 heterocycles. The van der Waals surface area contributed by atoms with Crippen LogP contribution in [0.3, 0.4) is 0 Å². The van der Waals surface area contributed by atoms with E-state index in [-0.39, 0.29) is 31.4 Å². The molecule has 0 aromatic heterocycles. The number of nitrogens with zero attached hydrogens (tertiary/aromatic N) is 2. The van der Waals surface area contributed by atoms with Gasteiger partial charge in [0, 0.05) is 19.5 Å². The molecular formula is C12H19N3O4. The van der Waals surface area contributed by atoms with E-state index in [1.54, 1.807) is 4.90 Å². The normalized spacial score (nSPS) is 26.5. The minimum absolute atomic E-state index is 0.0326. The molecule has 0 bridgehead atoms. The van der Waals surface area contributed by atoms with E-state index in [1.165, 1.54) is 4.90 Å². The van der Waals surface area contributed by atoms with Crippen molar-refractivity contribution in [1.82, 2.24) is 9.80 Å². The van der Waals surface area contributed by atoms with Crippen LogP contribution in [0.4, 0.5) is 0 Å². The SMILES string of the molecule is NC(=O)CN1CCC2(CCCN2C(=O)CCO)C1=O. The van der Waals surface area contributed by atoms with Crippen LogP contribution in [0.25, 0.3) is 0 Å². The lowest BCUT2D eigenvalue weighted by Gasteiger charge is -2.33. The number of rotatable bonds is 4. The van der Waals surface area contributed by atoms with Gasteiger partial charge in [0.1, 0.15) is 5.54 Å². The Morgan fingerprint density at radius 3 is 2.68 bits per heavy atom. The maximum atomic E-state index is 12.4. The zero-order valence-corrected chi connectivity index (χ0v) is 10.8. The molecule has 2 aliphatic rings.